The molecule has 7 heteroatoms. The maximum Gasteiger partial charge on any atom is 0.269 e. The number of likely N-dealkylation sites (tertiary alicyclic amines) is 1. The lowest BCUT2D eigenvalue weighted by Crippen LogP contribution is -2.40. The molecule has 1 aromatic heterocycles. The Hall–Kier alpha value is -2.28. The average Bonchev–Trinajstić information content (AvgIpc) is 3.14. The highest BCUT2D eigenvalue weighted by molar-refractivity contribution is 5.92. The molecule has 1 saturated heterocycles. The van der Waals surface area contributed by atoms with Gasteiger partial charge in [0.2, 0.25) is 0 Å². The second kappa shape index (κ2) is 7.09. The molecule has 24 heavy (non-hydrogen) atoms. The number of benzene rings is 1. The van der Waals surface area contributed by atoms with E-state index >= 15 is 0 Å². The summed E-state index contributed by atoms with van der Waals surface area (Å²) in [6.45, 7) is 0.974. The average molecular weight is 334 g/mol. The van der Waals surface area contributed by atoms with Crippen LogP contribution in [-0.4, -0.2) is 53.2 Å². The molecule has 0 radical (unpaired) electrons. The number of aromatic nitrogens is 2. The van der Waals surface area contributed by atoms with Crippen molar-refractivity contribution in [3.05, 3.63) is 53.9 Å². The topological polar surface area (TPSA) is 50.2 Å². The van der Waals surface area contributed by atoms with Crippen molar-refractivity contribution in [2.75, 3.05) is 20.1 Å². The molecular weight excluding hydrogens is 314 g/mol. The van der Waals surface area contributed by atoms with E-state index in [2.05, 4.69) is 15.3 Å². The van der Waals surface area contributed by atoms with Crippen LogP contribution in [0, 0.1) is 0 Å². The molecular formula is C17H20F2N4O. The lowest BCUT2D eigenvalue weighted by Gasteiger charge is -2.20. The second-order valence-corrected chi connectivity index (χ2v) is 6.11. The van der Waals surface area contributed by atoms with Crippen LogP contribution in [0.25, 0.3) is 0 Å². The molecule has 1 aromatic carbocycles. The van der Waals surface area contributed by atoms with Gasteiger partial charge in [-0.25, -0.2) is 8.78 Å². The van der Waals surface area contributed by atoms with Gasteiger partial charge in [0.1, 0.15) is 12.2 Å². The van der Waals surface area contributed by atoms with E-state index in [0.29, 0.717) is 6.54 Å². The van der Waals surface area contributed by atoms with E-state index in [1.165, 1.54) is 12.3 Å². The first-order valence-corrected chi connectivity index (χ1v) is 7.89. The minimum atomic E-state index is -2.55. The molecule has 5 nitrogen and oxygen atoms in total. The van der Waals surface area contributed by atoms with Gasteiger partial charge in [-0.3, -0.25) is 9.48 Å². The van der Waals surface area contributed by atoms with Crippen molar-refractivity contribution in [1.82, 2.24) is 20.0 Å². The zero-order chi connectivity index (χ0) is 17.1. The zero-order valence-corrected chi connectivity index (χ0v) is 13.4. The molecule has 1 aliphatic rings. The van der Waals surface area contributed by atoms with Gasteiger partial charge in [-0.15, -0.1) is 0 Å². The van der Waals surface area contributed by atoms with Crippen LogP contribution in [0.4, 0.5) is 8.78 Å². The van der Waals surface area contributed by atoms with E-state index < -0.39 is 13.0 Å². The molecule has 1 amide bonds. The van der Waals surface area contributed by atoms with Gasteiger partial charge in [-0.2, -0.15) is 5.10 Å². The van der Waals surface area contributed by atoms with E-state index in [1.54, 1.807) is 0 Å². The highest BCUT2D eigenvalue weighted by atomic mass is 19.3. The molecule has 128 valence electrons. The third kappa shape index (κ3) is 3.62. The smallest absolute Gasteiger partial charge is 0.269 e. The summed E-state index contributed by atoms with van der Waals surface area (Å²) in [5.74, 6) is -0.194. The maximum absolute atomic E-state index is 12.6. The number of amides is 1. The van der Waals surface area contributed by atoms with Gasteiger partial charge in [-0.1, -0.05) is 30.3 Å². The first-order chi connectivity index (χ1) is 11.5. The Morgan fingerprint density at radius 3 is 2.75 bits per heavy atom. The molecule has 1 N–H and O–H groups in total. The molecule has 3 rings (SSSR count). The number of nitrogens with one attached hydrogen (secondary N) is 1. The van der Waals surface area contributed by atoms with Crippen LogP contribution in [-0.2, 0) is 6.54 Å². The van der Waals surface area contributed by atoms with E-state index in [4.69, 9.17) is 0 Å². The number of likely N-dealkylation sites (N-methyl/N-ethyl adjacent to an activating group) is 1. The molecule has 1 aliphatic heterocycles. The maximum atomic E-state index is 12.6. The Balaban J connectivity index is 1.74. The molecule has 2 unspecified atom stereocenters. The molecule has 1 fully saturated rings. The molecule has 0 aliphatic carbocycles. The number of hydrogen-bond acceptors (Lipinski definition) is 3. The van der Waals surface area contributed by atoms with Crippen molar-refractivity contribution in [3.63, 3.8) is 0 Å². The largest absolute Gasteiger partial charge is 0.346 e. The van der Waals surface area contributed by atoms with Gasteiger partial charge < -0.3 is 10.2 Å². The number of hydrogen-bond donors (Lipinski definition) is 1. The van der Waals surface area contributed by atoms with Crippen LogP contribution in [0.2, 0.25) is 0 Å². The van der Waals surface area contributed by atoms with E-state index in [9.17, 15) is 13.6 Å². The van der Waals surface area contributed by atoms with Gasteiger partial charge in [0.25, 0.3) is 12.3 Å². The Morgan fingerprint density at radius 1 is 1.29 bits per heavy atom. The lowest BCUT2D eigenvalue weighted by atomic mass is 9.94. The normalized spacial score (nSPS) is 21.3. The number of nitrogens with zero attached hydrogens (tertiary/aromatic N) is 3. The minimum absolute atomic E-state index is 0.0696. The van der Waals surface area contributed by atoms with Crippen molar-refractivity contribution in [2.24, 2.45) is 0 Å². The fourth-order valence-electron chi connectivity index (χ4n) is 3.23. The van der Waals surface area contributed by atoms with Gasteiger partial charge in [0.05, 0.1) is 0 Å². The fraction of sp³-hybridized carbons (Fsp3) is 0.412. The van der Waals surface area contributed by atoms with Crippen molar-refractivity contribution in [3.8, 4) is 0 Å². The van der Waals surface area contributed by atoms with E-state index in [1.807, 2.05) is 37.4 Å². The SMILES string of the molecule is CN1CC(NC(=O)c2ccnn2CC(F)F)C(c2ccccc2)C1. The number of halogens is 2. The number of alkyl halides is 2. The predicted octanol–water partition coefficient (Wildman–Crippen LogP) is 1.98. The standard InChI is InChI=1S/C17H20F2N4O/c1-22-9-13(12-5-3-2-4-6-12)14(10-22)21-17(24)15-7-8-20-23(15)11-16(18)19/h2-8,13-14,16H,9-11H2,1H3,(H,21,24). The first kappa shape index (κ1) is 16.6. The van der Waals surface area contributed by atoms with Crippen LogP contribution in [0.5, 0.6) is 0 Å². The van der Waals surface area contributed by atoms with Gasteiger partial charge >= 0.3 is 0 Å². The molecule has 2 aromatic rings. The summed E-state index contributed by atoms with van der Waals surface area (Å²) < 4.78 is 26.2. The molecule has 0 spiro atoms. The first-order valence-electron chi connectivity index (χ1n) is 7.89. The summed E-state index contributed by atoms with van der Waals surface area (Å²) in [5.41, 5.74) is 1.32. The number of carbonyl (C=O) groups excluding carboxylic acids is 1. The number of carbonyl (C=O) groups is 1. The van der Waals surface area contributed by atoms with Gasteiger partial charge in [-0.05, 0) is 18.7 Å². The third-order valence-corrected chi connectivity index (χ3v) is 4.31. The Kier molecular flexibility index (Phi) is 4.89. The highest BCUT2D eigenvalue weighted by Crippen LogP contribution is 2.26. The summed E-state index contributed by atoms with van der Waals surface area (Å²) in [6, 6.07) is 11.4. The monoisotopic (exact) mass is 334 g/mol. The third-order valence-electron chi connectivity index (χ3n) is 4.31. The van der Waals surface area contributed by atoms with Gasteiger partial charge in [0, 0.05) is 31.2 Å². The summed E-state index contributed by atoms with van der Waals surface area (Å²) in [7, 11) is 2.00. The fourth-order valence-corrected chi connectivity index (χ4v) is 3.23. The van der Waals surface area contributed by atoms with Crippen molar-refractivity contribution in [1.29, 1.82) is 0 Å². The van der Waals surface area contributed by atoms with Crippen LogP contribution in [0.3, 0.4) is 0 Å². The molecule has 2 atom stereocenters. The Morgan fingerprint density at radius 2 is 2.04 bits per heavy atom. The Labute approximate surface area is 139 Å². The minimum Gasteiger partial charge on any atom is -0.346 e. The summed E-state index contributed by atoms with van der Waals surface area (Å²) >= 11 is 0. The molecule has 2 heterocycles. The summed E-state index contributed by atoms with van der Waals surface area (Å²) in [4.78, 5) is 14.7. The molecule has 0 saturated carbocycles. The van der Waals surface area contributed by atoms with Crippen LogP contribution >= 0.6 is 0 Å². The second-order valence-electron chi connectivity index (χ2n) is 6.11. The van der Waals surface area contributed by atoms with Crippen molar-refractivity contribution >= 4 is 5.91 Å². The summed E-state index contributed by atoms with van der Waals surface area (Å²) in [5, 5.41) is 6.80. The summed E-state index contributed by atoms with van der Waals surface area (Å²) in [6.07, 6.45) is -1.18. The van der Waals surface area contributed by atoms with Crippen LogP contribution in [0.15, 0.2) is 42.6 Å². The Bertz CT molecular complexity index is 689. The van der Waals surface area contributed by atoms with E-state index in [0.717, 1.165) is 16.8 Å². The van der Waals surface area contributed by atoms with Gasteiger partial charge in [0.15, 0.2) is 0 Å². The highest BCUT2D eigenvalue weighted by Gasteiger charge is 2.33. The quantitative estimate of drug-likeness (QED) is 0.910. The van der Waals surface area contributed by atoms with Crippen molar-refractivity contribution in [2.45, 2.75) is 24.9 Å². The lowest BCUT2D eigenvalue weighted by molar-refractivity contribution is 0.0906. The molecule has 0 bridgehead atoms. The number of rotatable bonds is 5. The van der Waals surface area contributed by atoms with Crippen LogP contribution in [0.1, 0.15) is 22.0 Å². The predicted molar refractivity (Wildman–Crippen MR) is 86.2 cm³/mol. The van der Waals surface area contributed by atoms with E-state index in [-0.39, 0.29) is 23.6 Å². The van der Waals surface area contributed by atoms with Crippen LogP contribution < -0.4 is 5.32 Å². The zero-order valence-electron chi connectivity index (χ0n) is 13.4. The van der Waals surface area contributed by atoms with Crippen molar-refractivity contribution < 1.29 is 13.6 Å².